The van der Waals surface area contributed by atoms with E-state index >= 15 is 0 Å². The van der Waals surface area contributed by atoms with Crippen LogP contribution >= 0.6 is 0 Å². The van der Waals surface area contributed by atoms with Crippen molar-refractivity contribution >= 4 is 11.0 Å². The smallest absolute Gasteiger partial charge is 0.120 e. The fourth-order valence-corrected chi connectivity index (χ4v) is 3.26. The standard InChI is InChI=1S/C18H15N3/c1-21-15-9-5-6-13(12-19)16(15)20-17(21)18(10-11-18)14-7-3-2-4-8-14/h2-9H,10-11H2,1H3. The molecule has 0 atom stereocenters. The van der Waals surface area contributed by atoms with Gasteiger partial charge in [0.25, 0.3) is 0 Å². The van der Waals surface area contributed by atoms with Gasteiger partial charge in [-0.25, -0.2) is 4.98 Å². The fourth-order valence-electron chi connectivity index (χ4n) is 3.26. The van der Waals surface area contributed by atoms with Gasteiger partial charge in [0, 0.05) is 7.05 Å². The number of nitrogens with zero attached hydrogens (tertiary/aromatic N) is 3. The second kappa shape index (κ2) is 4.20. The Bertz CT molecular complexity index is 865. The molecule has 102 valence electrons. The molecule has 1 aliphatic rings. The van der Waals surface area contributed by atoms with E-state index in [1.807, 2.05) is 24.3 Å². The molecule has 1 aromatic heterocycles. The molecular weight excluding hydrogens is 258 g/mol. The van der Waals surface area contributed by atoms with E-state index < -0.39 is 0 Å². The third-order valence-electron chi connectivity index (χ3n) is 4.54. The molecule has 0 unspecified atom stereocenters. The molecule has 2 aromatic carbocycles. The number of benzene rings is 2. The van der Waals surface area contributed by atoms with Gasteiger partial charge >= 0.3 is 0 Å². The summed E-state index contributed by atoms with van der Waals surface area (Å²) in [5.74, 6) is 1.08. The molecule has 3 aromatic rings. The third kappa shape index (κ3) is 1.62. The number of para-hydroxylation sites is 1. The zero-order valence-corrected chi connectivity index (χ0v) is 11.9. The minimum absolute atomic E-state index is 0.0295. The van der Waals surface area contributed by atoms with Crippen molar-refractivity contribution < 1.29 is 0 Å². The maximum atomic E-state index is 9.27. The van der Waals surface area contributed by atoms with Crippen LogP contribution in [-0.2, 0) is 12.5 Å². The Morgan fingerprint density at radius 3 is 2.52 bits per heavy atom. The van der Waals surface area contributed by atoms with E-state index in [1.54, 1.807) is 0 Å². The lowest BCUT2D eigenvalue weighted by Crippen LogP contribution is -2.14. The Morgan fingerprint density at radius 2 is 1.86 bits per heavy atom. The highest BCUT2D eigenvalue weighted by Gasteiger charge is 2.49. The van der Waals surface area contributed by atoms with Crippen LogP contribution in [0.15, 0.2) is 48.5 Å². The molecule has 3 nitrogen and oxygen atoms in total. The van der Waals surface area contributed by atoms with Crippen LogP contribution in [-0.4, -0.2) is 9.55 Å². The molecule has 0 saturated heterocycles. The lowest BCUT2D eigenvalue weighted by Gasteiger charge is -2.15. The Hall–Kier alpha value is -2.60. The summed E-state index contributed by atoms with van der Waals surface area (Å²) in [6.07, 6.45) is 2.24. The monoisotopic (exact) mass is 273 g/mol. The van der Waals surface area contributed by atoms with E-state index in [-0.39, 0.29) is 5.41 Å². The molecule has 21 heavy (non-hydrogen) atoms. The van der Waals surface area contributed by atoms with Crippen molar-refractivity contribution in [2.24, 2.45) is 7.05 Å². The van der Waals surface area contributed by atoms with Gasteiger partial charge in [0.1, 0.15) is 17.4 Å². The molecule has 1 saturated carbocycles. The second-order valence-corrected chi connectivity index (χ2v) is 5.73. The maximum Gasteiger partial charge on any atom is 0.120 e. The van der Waals surface area contributed by atoms with E-state index in [0.29, 0.717) is 5.56 Å². The van der Waals surface area contributed by atoms with E-state index in [9.17, 15) is 5.26 Å². The van der Waals surface area contributed by atoms with Crippen LogP contribution in [0.1, 0.15) is 29.8 Å². The Labute approximate surface area is 123 Å². The number of fused-ring (bicyclic) bond motifs is 1. The second-order valence-electron chi connectivity index (χ2n) is 5.73. The van der Waals surface area contributed by atoms with Gasteiger partial charge in [-0.2, -0.15) is 5.26 Å². The van der Waals surface area contributed by atoms with Crippen molar-refractivity contribution in [2.45, 2.75) is 18.3 Å². The summed E-state index contributed by atoms with van der Waals surface area (Å²) in [5.41, 5.74) is 3.85. The van der Waals surface area contributed by atoms with E-state index in [2.05, 4.69) is 41.9 Å². The van der Waals surface area contributed by atoms with Crippen molar-refractivity contribution in [3.8, 4) is 6.07 Å². The largest absolute Gasteiger partial charge is 0.330 e. The van der Waals surface area contributed by atoms with E-state index in [1.165, 1.54) is 5.56 Å². The summed E-state index contributed by atoms with van der Waals surface area (Å²) in [5, 5.41) is 9.27. The molecular formula is C18H15N3. The number of imidazole rings is 1. The van der Waals surface area contributed by atoms with Crippen molar-refractivity contribution in [3.63, 3.8) is 0 Å². The predicted molar refractivity (Wildman–Crippen MR) is 81.9 cm³/mol. The lowest BCUT2D eigenvalue weighted by molar-refractivity contribution is 0.705. The van der Waals surface area contributed by atoms with Crippen molar-refractivity contribution in [2.75, 3.05) is 0 Å². The molecule has 3 heteroatoms. The number of hydrogen-bond donors (Lipinski definition) is 0. The third-order valence-corrected chi connectivity index (χ3v) is 4.54. The molecule has 1 fully saturated rings. The number of nitriles is 1. The fraction of sp³-hybridized carbons (Fsp3) is 0.222. The van der Waals surface area contributed by atoms with Gasteiger partial charge in [0.2, 0.25) is 0 Å². The van der Waals surface area contributed by atoms with Crippen LogP contribution < -0.4 is 0 Å². The van der Waals surface area contributed by atoms with Crippen molar-refractivity contribution in [1.29, 1.82) is 5.26 Å². The van der Waals surface area contributed by atoms with Gasteiger partial charge in [-0.15, -0.1) is 0 Å². The van der Waals surface area contributed by atoms with Gasteiger partial charge < -0.3 is 4.57 Å². The van der Waals surface area contributed by atoms with Crippen LogP contribution in [0.5, 0.6) is 0 Å². The summed E-state index contributed by atoms with van der Waals surface area (Å²) in [6.45, 7) is 0. The van der Waals surface area contributed by atoms with Crippen LogP contribution in [0.25, 0.3) is 11.0 Å². The minimum atomic E-state index is 0.0295. The number of rotatable bonds is 2. The minimum Gasteiger partial charge on any atom is -0.330 e. The highest BCUT2D eigenvalue weighted by atomic mass is 15.1. The maximum absolute atomic E-state index is 9.27. The number of aryl methyl sites for hydroxylation is 1. The first-order chi connectivity index (χ1) is 10.3. The Balaban J connectivity index is 1.97. The molecule has 1 aliphatic carbocycles. The lowest BCUT2D eigenvalue weighted by atomic mass is 9.95. The molecule has 0 radical (unpaired) electrons. The highest BCUT2D eigenvalue weighted by Crippen LogP contribution is 2.53. The first kappa shape index (κ1) is 12.2. The van der Waals surface area contributed by atoms with Crippen LogP contribution in [0.3, 0.4) is 0 Å². The zero-order chi connectivity index (χ0) is 14.4. The van der Waals surface area contributed by atoms with Crippen LogP contribution in [0.2, 0.25) is 0 Å². The quantitative estimate of drug-likeness (QED) is 0.716. The van der Waals surface area contributed by atoms with Gasteiger partial charge in [-0.1, -0.05) is 36.4 Å². The molecule has 1 heterocycles. The first-order valence-corrected chi connectivity index (χ1v) is 7.18. The number of hydrogen-bond acceptors (Lipinski definition) is 2. The zero-order valence-electron chi connectivity index (χ0n) is 11.9. The van der Waals surface area contributed by atoms with Gasteiger partial charge in [-0.05, 0) is 30.5 Å². The average molecular weight is 273 g/mol. The molecule has 0 N–H and O–H groups in total. The SMILES string of the molecule is Cn1c(C2(c3ccccc3)CC2)nc2c(C#N)cccc21. The Kier molecular flexibility index (Phi) is 2.43. The summed E-state index contributed by atoms with van der Waals surface area (Å²) in [4.78, 5) is 4.83. The molecule has 0 amide bonds. The molecule has 4 rings (SSSR count). The molecule has 0 bridgehead atoms. The van der Waals surface area contributed by atoms with Gasteiger partial charge in [-0.3, -0.25) is 0 Å². The van der Waals surface area contributed by atoms with Crippen molar-refractivity contribution in [1.82, 2.24) is 9.55 Å². The molecule has 0 spiro atoms. The summed E-state index contributed by atoms with van der Waals surface area (Å²) in [7, 11) is 2.05. The van der Waals surface area contributed by atoms with E-state index in [4.69, 9.17) is 4.98 Å². The summed E-state index contributed by atoms with van der Waals surface area (Å²) in [6, 6.07) is 18.6. The molecule has 0 aliphatic heterocycles. The summed E-state index contributed by atoms with van der Waals surface area (Å²) >= 11 is 0. The normalized spacial score (nSPS) is 15.8. The van der Waals surface area contributed by atoms with E-state index in [0.717, 1.165) is 29.7 Å². The van der Waals surface area contributed by atoms with Gasteiger partial charge in [0.05, 0.1) is 16.5 Å². The van der Waals surface area contributed by atoms with Crippen LogP contribution in [0.4, 0.5) is 0 Å². The van der Waals surface area contributed by atoms with Crippen molar-refractivity contribution in [3.05, 3.63) is 65.5 Å². The Morgan fingerprint density at radius 1 is 1.10 bits per heavy atom. The summed E-state index contributed by atoms with van der Waals surface area (Å²) < 4.78 is 2.15. The number of aromatic nitrogens is 2. The predicted octanol–water partition coefficient (Wildman–Crippen LogP) is 3.52. The average Bonchev–Trinajstić information content (AvgIpc) is 3.28. The topological polar surface area (TPSA) is 41.6 Å². The first-order valence-electron chi connectivity index (χ1n) is 7.18. The van der Waals surface area contributed by atoms with Crippen LogP contribution in [0, 0.1) is 11.3 Å². The van der Waals surface area contributed by atoms with Gasteiger partial charge in [0.15, 0.2) is 0 Å². The highest BCUT2D eigenvalue weighted by molar-refractivity contribution is 5.82.